The van der Waals surface area contributed by atoms with Crippen molar-refractivity contribution in [3.05, 3.63) is 6.33 Å². The SMILES string of the molecule is Nc1ncn(C2(C(F)(F)F)CC2)n1. The summed E-state index contributed by atoms with van der Waals surface area (Å²) < 4.78 is 38.2. The van der Waals surface area contributed by atoms with E-state index in [0.29, 0.717) is 0 Å². The Balaban J connectivity index is 2.36. The van der Waals surface area contributed by atoms with Crippen molar-refractivity contribution in [1.82, 2.24) is 14.8 Å². The zero-order chi connectivity index (χ0) is 9.69. The van der Waals surface area contributed by atoms with E-state index in [1.807, 2.05) is 0 Å². The second-order valence-electron chi connectivity index (χ2n) is 3.08. The highest BCUT2D eigenvalue weighted by Gasteiger charge is 2.65. The average Bonchev–Trinajstić information content (AvgIpc) is 2.70. The maximum atomic E-state index is 12.5. The van der Waals surface area contributed by atoms with E-state index in [9.17, 15) is 13.2 Å². The van der Waals surface area contributed by atoms with Gasteiger partial charge in [-0.2, -0.15) is 13.2 Å². The van der Waals surface area contributed by atoms with Gasteiger partial charge in [0.2, 0.25) is 5.95 Å². The van der Waals surface area contributed by atoms with E-state index in [2.05, 4.69) is 10.1 Å². The predicted molar refractivity (Wildman–Crippen MR) is 37.7 cm³/mol. The van der Waals surface area contributed by atoms with Crippen molar-refractivity contribution in [1.29, 1.82) is 0 Å². The molecule has 1 saturated carbocycles. The number of nitrogen functional groups attached to an aromatic ring is 1. The van der Waals surface area contributed by atoms with Crippen LogP contribution in [0.3, 0.4) is 0 Å². The second kappa shape index (κ2) is 2.15. The lowest BCUT2D eigenvalue weighted by Crippen LogP contribution is -2.35. The van der Waals surface area contributed by atoms with Crippen LogP contribution in [-0.2, 0) is 5.54 Å². The van der Waals surface area contributed by atoms with Gasteiger partial charge in [0.15, 0.2) is 5.54 Å². The molecular formula is C6H7F3N4. The van der Waals surface area contributed by atoms with Gasteiger partial charge in [0.05, 0.1) is 0 Å². The maximum Gasteiger partial charge on any atom is 0.413 e. The van der Waals surface area contributed by atoms with Gasteiger partial charge in [-0.25, -0.2) is 9.67 Å². The van der Waals surface area contributed by atoms with Crippen LogP contribution in [0.1, 0.15) is 12.8 Å². The third-order valence-electron chi connectivity index (χ3n) is 2.20. The summed E-state index contributed by atoms with van der Waals surface area (Å²) in [6.45, 7) is 0. The topological polar surface area (TPSA) is 56.7 Å². The third-order valence-corrected chi connectivity index (χ3v) is 2.20. The second-order valence-corrected chi connectivity index (χ2v) is 3.08. The number of hydrogen-bond acceptors (Lipinski definition) is 3. The van der Waals surface area contributed by atoms with Gasteiger partial charge < -0.3 is 5.73 Å². The molecule has 1 fully saturated rings. The number of alkyl halides is 3. The minimum absolute atomic E-state index is 0.0549. The van der Waals surface area contributed by atoms with E-state index < -0.39 is 11.7 Å². The van der Waals surface area contributed by atoms with Gasteiger partial charge in [-0.05, 0) is 12.8 Å². The zero-order valence-electron chi connectivity index (χ0n) is 6.54. The summed E-state index contributed by atoms with van der Waals surface area (Å²) in [4.78, 5) is 3.47. The number of hydrogen-bond donors (Lipinski definition) is 1. The molecule has 0 aliphatic heterocycles. The molecule has 0 aromatic carbocycles. The van der Waals surface area contributed by atoms with Crippen LogP contribution >= 0.6 is 0 Å². The molecule has 0 spiro atoms. The molecule has 2 N–H and O–H groups in total. The van der Waals surface area contributed by atoms with Crippen LogP contribution in [0.2, 0.25) is 0 Å². The molecular weight excluding hydrogens is 185 g/mol. The van der Waals surface area contributed by atoms with Crippen molar-refractivity contribution in [2.75, 3.05) is 5.73 Å². The summed E-state index contributed by atoms with van der Waals surface area (Å²) in [5.41, 5.74) is 3.30. The molecule has 1 aliphatic carbocycles. The molecule has 4 nitrogen and oxygen atoms in total. The van der Waals surface area contributed by atoms with Gasteiger partial charge in [0.1, 0.15) is 6.33 Å². The molecule has 0 bridgehead atoms. The van der Waals surface area contributed by atoms with Crippen molar-refractivity contribution in [2.24, 2.45) is 0 Å². The van der Waals surface area contributed by atoms with Gasteiger partial charge in [0.25, 0.3) is 0 Å². The van der Waals surface area contributed by atoms with Crippen LogP contribution in [-0.4, -0.2) is 20.9 Å². The summed E-state index contributed by atoms with van der Waals surface area (Å²) in [6, 6.07) is 0. The Morgan fingerprint density at radius 3 is 2.38 bits per heavy atom. The molecule has 1 aliphatic rings. The predicted octanol–water partition coefficient (Wildman–Crippen LogP) is 0.912. The molecule has 72 valence electrons. The first-order valence-electron chi connectivity index (χ1n) is 3.70. The fraction of sp³-hybridized carbons (Fsp3) is 0.667. The normalized spacial score (nSPS) is 20.2. The van der Waals surface area contributed by atoms with Crippen LogP contribution in [0, 0.1) is 0 Å². The molecule has 0 amide bonds. The Morgan fingerprint density at radius 2 is 2.08 bits per heavy atom. The van der Waals surface area contributed by atoms with Gasteiger partial charge >= 0.3 is 6.18 Å². The quantitative estimate of drug-likeness (QED) is 0.719. The van der Waals surface area contributed by atoms with Crippen LogP contribution in [0.4, 0.5) is 19.1 Å². The summed E-state index contributed by atoms with van der Waals surface area (Å²) >= 11 is 0. The van der Waals surface area contributed by atoms with E-state index in [0.717, 1.165) is 11.0 Å². The Kier molecular flexibility index (Phi) is 1.38. The molecule has 1 aromatic rings. The molecule has 2 rings (SSSR count). The number of nitrogens with two attached hydrogens (primary N) is 1. The summed E-state index contributed by atoms with van der Waals surface area (Å²) in [5.74, 6) is -0.129. The maximum absolute atomic E-state index is 12.5. The van der Waals surface area contributed by atoms with Gasteiger partial charge in [-0.1, -0.05) is 0 Å². The minimum atomic E-state index is -4.27. The molecule has 0 radical (unpaired) electrons. The van der Waals surface area contributed by atoms with Crippen molar-refractivity contribution in [2.45, 2.75) is 24.6 Å². The lowest BCUT2D eigenvalue weighted by atomic mass is 10.3. The molecule has 13 heavy (non-hydrogen) atoms. The largest absolute Gasteiger partial charge is 0.413 e. The van der Waals surface area contributed by atoms with E-state index in [-0.39, 0.29) is 18.8 Å². The first-order chi connectivity index (χ1) is 5.96. The summed E-state index contributed by atoms with van der Waals surface area (Å²) in [6.07, 6.45) is -3.14. The van der Waals surface area contributed by atoms with Crippen LogP contribution in [0.15, 0.2) is 6.33 Å². The lowest BCUT2D eigenvalue weighted by Gasteiger charge is -2.18. The smallest absolute Gasteiger partial charge is 0.367 e. The van der Waals surface area contributed by atoms with Crippen LogP contribution in [0.25, 0.3) is 0 Å². The Hall–Kier alpha value is -1.27. The first-order valence-corrected chi connectivity index (χ1v) is 3.70. The van der Waals surface area contributed by atoms with Gasteiger partial charge in [-0.3, -0.25) is 0 Å². The van der Waals surface area contributed by atoms with E-state index >= 15 is 0 Å². The monoisotopic (exact) mass is 192 g/mol. The van der Waals surface area contributed by atoms with Crippen molar-refractivity contribution in [3.8, 4) is 0 Å². The van der Waals surface area contributed by atoms with E-state index in [4.69, 9.17) is 5.73 Å². The molecule has 7 heteroatoms. The number of aromatic nitrogens is 3. The van der Waals surface area contributed by atoms with Crippen LogP contribution in [0.5, 0.6) is 0 Å². The third kappa shape index (κ3) is 1.06. The molecule has 1 heterocycles. The van der Waals surface area contributed by atoms with Crippen molar-refractivity contribution < 1.29 is 13.2 Å². The number of halogens is 3. The van der Waals surface area contributed by atoms with Crippen LogP contribution < -0.4 is 5.73 Å². The molecule has 0 atom stereocenters. The number of anilines is 1. The van der Waals surface area contributed by atoms with E-state index in [1.165, 1.54) is 0 Å². The minimum Gasteiger partial charge on any atom is -0.367 e. The summed E-state index contributed by atoms with van der Waals surface area (Å²) in [7, 11) is 0. The fourth-order valence-electron chi connectivity index (χ4n) is 1.24. The highest BCUT2D eigenvalue weighted by Crippen LogP contribution is 2.54. The Morgan fingerprint density at radius 1 is 1.46 bits per heavy atom. The number of nitrogens with zero attached hydrogens (tertiary/aromatic N) is 3. The molecule has 0 saturated heterocycles. The highest BCUT2D eigenvalue weighted by atomic mass is 19.4. The Labute approximate surface area is 71.5 Å². The standard InChI is InChI=1S/C6H7F3N4/c7-6(8,9)5(1-2-5)13-3-11-4(10)12-13/h3H,1-2H2,(H2,10,12). The molecule has 1 aromatic heterocycles. The molecule has 0 unspecified atom stereocenters. The lowest BCUT2D eigenvalue weighted by molar-refractivity contribution is -0.182. The van der Waals surface area contributed by atoms with E-state index in [1.54, 1.807) is 0 Å². The zero-order valence-corrected chi connectivity index (χ0v) is 6.54. The fourth-order valence-corrected chi connectivity index (χ4v) is 1.24. The number of rotatable bonds is 1. The van der Waals surface area contributed by atoms with Gasteiger partial charge in [0, 0.05) is 0 Å². The highest BCUT2D eigenvalue weighted by molar-refractivity contribution is 5.13. The van der Waals surface area contributed by atoms with Crippen molar-refractivity contribution >= 4 is 5.95 Å². The average molecular weight is 192 g/mol. The van der Waals surface area contributed by atoms with Crippen molar-refractivity contribution in [3.63, 3.8) is 0 Å². The van der Waals surface area contributed by atoms with Gasteiger partial charge in [-0.15, -0.1) is 5.10 Å². The summed E-state index contributed by atoms with van der Waals surface area (Å²) in [5, 5.41) is 3.47. The Bertz CT molecular complexity index is 325. The first kappa shape index (κ1) is 8.33.